The smallest absolute Gasteiger partial charge is 0.325 e. The van der Waals surface area contributed by atoms with Crippen molar-refractivity contribution >= 4 is 5.97 Å². The summed E-state index contributed by atoms with van der Waals surface area (Å²) in [5, 5.41) is 0. The number of carbonyl (C=O) groups is 1. The molecule has 1 heterocycles. The van der Waals surface area contributed by atoms with Gasteiger partial charge in [0.15, 0.2) is 0 Å². The number of hydrogen-bond acceptors (Lipinski definition) is 4. The molecule has 0 aliphatic carbocycles. The molecule has 4 heteroatoms. The SMILES string of the molecule is COc1ccc(C2[C@H](C(=O)OC(C)(C)C)N2Cc2ccccc2)cc1. The Morgan fingerprint density at radius 3 is 2.24 bits per heavy atom. The maximum Gasteiger partial charge on any atom is 0.325 e. The van der Waals surface area contributed by atoms with Crippen LogP contribution < -0.4 is 4.74 Å². The molecule has 2 unspecified atom stereocenters. The summed E-state index contributed by atoms with van der Waals surface area (Å²) in [4.78, 5) is 14.8. The second-order valence-corrected chi connectivity index (χ2v) is 7.35. The van der Waals surface area contributed by atoms with Crippen LogP contribution in [0.4, 0.5) is 0 Å². The van der Waals surface area contributed by atoms with Crippen LogP contribution in [0.1, 0.15) is 37.9 Å². The van der Waals surface area contributed by atoms with Crippen molar-refractivity contribution in [2.75, 3.05) is 7.11 Å². The first-order valence-electron chi connectivity index (χ1n) is 8.55. The highest BCUT2D eigenvalue weighted by Crippen LogP contribution is 2.45. The third-order valence-electron chi connectivity index (χ3n) is 4.24. The molecule has 1 aliphatic rings. The van der Waals surface area contributed by atoms with Gasteiger partial charge in [0.1, 0.15) is 17.4 Å². The normalized spacial score (nSPS) is 22.3. The van der Waals surface area contributed by atoms with E-state index in [1.807, 2.05) is 63.2 Å². The lowest BCUT2D eigenvalue weighted by Gasteiger charge is -2.19. The van der Waals surface area contributed by atoms with Gasteiger partial charge < -0.3 is 9.47 Å². The summed E-state index contributed by atoms with van der Waals surface area (Å²) in [5.41, 5.74) is 1.81. The minimum atomic E-state index is -0.484. The molecule has 0 radical (unpaired) electrons. The van der Waals surface area contributed by atoms with E-state index in [0.29, 0.717) is 0 Å². The molecule has 1 saturated heterocycles. The first-order valence-corrected chi connectivity index (χ1v) is 8.55. The van der Waals surface area contributed by atoms with Crippen LogP contribution in [0, 0.1) is 0 Å². The maximum atomic E-state index is 12.6. The van der Waals surface area contributed by atoms with Crippen LogP contribution in [0.25, 0.3) is 0 Å². The molecule has 0 amide bonds. The molecule has 0 spiro atoms. The molecule has 132 valence electrons. The largest absolute Gasteiger partial charge is 0.497 e. The second kappa shape index (κ2) is 6.89. The Kier molecular flexibility index (Phi) is 4.82. The van der Waals surface area contributed by atoms with Gasteiger partial charge in [-0.2, -0.15) is 0 Å². The highest BCUT2D eigenvalue weighted by atomic mass is 16.6. The summed E-state index contributed by atoms with van der Waals surface area (Å²) < 4.78 is 10.8. The van der Waals surface area contributed by atoms with E-state index < -0.39 is 5.60 Å². The summed E-state index contributed by atoms with van der Waals surface area (Å²) in [5.74, 6) is 0.650. The fourth-order valence-corrected chi connectivity index (χ4v) is 3.07. The van der Waals surface area contributed by atoms with Crippen molar-refractivity contribution in [2.45, 2.75) is 45.0 Å². The molecule has 0 N–H and O–H groups in total. The van der Waals surface area contributed by atoms with Gasteiger partial charge in [-0.3, -0.25) is 9.69 Å². The summed E-state index contributed by atoms with van der Waals surface area (Å²) in [7, 11) is 1.65. The number of rotatable bonds is 5. The third kappa shape index (κ3) is 4.20. The topological polar surface area (TPSA) is 38.5 Å². The van der Waals surface area contributed by atoms with Gasteiger partial charge >= 0.3 is 5.97 Å². The minimum Gasteiger partial charge on any atom is -0.497 e. The molecular formula is C21H25NO3. The van der Waals surface area contributed by atoms with Gasteiger partial charge in [0.25, 0.3) is 0 Å². The number of benzene rings is 2. The lowest BCUT2D eigenvalue weighted by atomic mass is 10.1. The van der Waals surface area contributed by atoms with E-state index in [9.17, 15) is 4.79 Å². The van der Waals surface area contributed by atoms with Crippen LogP contribution in [0.5, 0.6) is 5.75 Å². The number of methoxy groups -OCH3 is 1. The van der Waals surface area contributed by atoms with Crippen molar-refractivity contribution in [1.29, 1.82) is 0 Å². The van der Waals surface area contributed by atoms with Gasteiger partial charge in [0.05, 0.1) is 13.2 Å². The molecule has 3 atom stereocenters. The van der Waals surface area contributed by atoms with Crippen molar-refractivity contribution in [1.82, 2.24) is 4.90 Å². The summed E-state index contributed by atoms with van der Waals surface area (Å²) in [6.45, 7) is 6.42. The number of ether oxygens (including phenoxy) is 2. The molecular weight excluding hydrogens is 314 g/mol. The van der Waals surface area contributed by atoms with Crippen molar-refractivity contribution in [3.05, 3.63) is 65.7 Å². The predicted molar refractivity (Wildman–Crippen MR) is 97.4 cm³/mol. The van der Waals surface area contributed by atoms with Crippen LogP contribution >= 0.6 is 0 Å². The number of carbonyl (C=O) groups excluding carboxylic acids is 1. The standard InChI is InChI=1S/C21H25NO3/c1-21(2,3)25-20(23)19-18(16-10-12-17(24-4)13-11-16)22(19)14-15-8-6-5-7-9-15/h5-13,18-19H,14H2,1-4H3/t18?,19-,22?/m1/s1. The molecule has 1 aliphatic heterocycles. The molecule has 2 aromatic carbocycles. The van der Waals surface area contributed by atoms with Gasteiger partial charge in [0.2, 0.25) is 0 Å². The van der Waals surface area contributed by atoms with E-state index >= 15 is 0 Å². The van der Waals surface area contributed by atoms with Gasteiger partial charge in [-0.05, 0) is 44.0 Å². The van der Waals surface area contributed by atoms with Crippen LogP contribution in [-0.4, -0.2) is 29.6 Å². The minimum absolute atomic E-state index is 0.0426. The second-order valence-electron chi connectivity index (χ2n) is 7.35. The zero-order chi connectivity index (χ0) is 18.0. The first kappa shape index (κ1) is 17.5. The Balaban J connectivity index is 1.80. The Labute approximate surface area is 149 Å². The van der Waals surface area contributed by atoms with Crippen molar-refractivity contribution in [3.8, 4) is 5.75 Å². The maximum absolute atomic E-state index is 12.6. The van der Waals surface area contributed by atoms with E-state index in [1.54, 1.807) is 7.11 Å². The predicted octanol–water partition coefficient (Wildman–Crippen LogP) is 3.96. The summed E-state index contributed by atoms with van der Waals surface area (Å²) >= 11 is 0. The van der Waals surface area contributed by atoms with Gasteiger partial charge in [-0.25, -0.2) is 0 Å². The highest BCUT2D eigenvalue weighted by molar-refractivity contribution is 5.81. The highest BCUT2D eigenvalue weighted by Gasteiger charge is 2.54. The Morgan fingerprint density at radius 2 is 1.68 bits per heavy atom. The van der Waals surface area contributed by atoms with Crippen LogP contribution in [0.2, 0.25) is 0 Å². The van der Waals surface area contributed by atoms with Crippen LogP contribution in [-0.2, 0) is 16.1 Å². The van der Waals surface area contributed by atoms with Crippen molar-refractivity contribution in [3.63, 3.8) is 0 Å². The molecule has 4 nitrogen and oxygen atoms in total. The lowest BCUT2D eigenvalue weighted by Crippen LogP contribution is -2.28. The van der Waals surface area contributed by atoms with Crippen LogP contribution in [0.15, 0.2) is 54.6 Å². The molecule has 25 heavy (non-hydrogen) atoms. The zero-order valence-electron chi connectivity index (χ0n) is 15.2. The Bertz CT molecular complexity index is 719. The van der Waals surface area contributed by atoms with Gasteiger partial charge in [0, 0.05) is 6.54 Å². The average Bonchev–Trinajstić information content (AvgIpc) is 3.28. The van der Waals surface area contributed by atoms with Crippen molar-refractivity contribution in [2.24, 2.45) is 0 Å². The summed E-state index contributed by atoms with van der Waals surface area (Å²) in [6.07, 6.45) is 0. The molecule has 0 aromatic heterocycles. The number of nitrogens with zero attached hydrogens (tertiary/aromatic N) is 1. The summed E-state index contributed by atoms with van der Waals surface area (Å²) in [6, 6.07) is 17.9. The fraction of sp³-hybridized carbons (Fsp3) is 0.381. The molecule has 1 fully saturated rings. The molecule has 2 aromatic rings. The van der Waals surface area contributed by atoms with E-state index in [2.05, 4.69) is 17.0 Å². The average molecular weight is 339 g/mol. The molecule has 0 saturated carbocycles. The number of esters is 1. The Hall–Kier alpha value is -2.33. The zero-order valence-corrected chi connectivity index (χ0v) is 15.2. The van der Waals surface area contributed by atoms with Gasteiger partial charge in [-0.15, -0.1) is 0 Å². The van der Waals surface area contributed by atoms with E-state index in [4.69, 9.17) is 9.47 Å². The van der Waals surface area contributed by atoms with E-state index in [1.165, 1.54) is 5.56 Å². The Morgan fingerprint density at radius 1 is 1.04 bits per heavy atom. The molecule has 0 bridgehead atoms. The first-order chi connectivity index (χ1) is 11.9. The van der Waals surface area contributed by atoms with Crippen molar-refractivity contribution < 1.29 is 14.3 Å². The monoisotopic (exact) mass is 339 g/mol. The fourth-order valence-electron chi connectivity index (χ4n) is 3.07. The quantitative estimate of drug-likeness (QED) is 0.610. The van der Waals surface area contributed by atoms with E-state index in [0.717, 1.165) is 17.9 Å². The molecule has 3 rings (SSSR count). The van der Waals surface area contributed by atoms with E-state index in [-0.39, 0.29) is 18.1 Å². The third-order valence-corrected chi connectivity index (χ3v) is 4.24. The van der Waals surface area contributed by atoms with Gasteiger partial charge in [-0.1, -0.05) is 42.5 Å². The lowest BCUT2D eigenvalue weighted by molar-refractivity contribution is -0.155. The van der Waals surface area contributed by atoms with Crippen LogP contribution in [0.3, 0.4) is 0 Å². The number of hydrogen-bond donors (Lipinski definition) is 0.